The number of benzene rings is 2. The van der Waals surface area contributed by atoms with Crippen molar-refractivity contribution in [2.45, 2.75) is 39.0 Å². The zero-order chi connectivity index (χ0) is 25.2. The number of piperidine rings is 1. The second-order valence-corrected chi connectivity index (χ2v) is 8.23. The zero-order valence-electron chi connectivity index (χ0n) is 18.4. The lowest BCUT2D eigenvalue weighted by atomic mass is 9.88. The number of nitro groups is 1. The molecule has 34 heavy (non-hydrogen) atoms. The van der Waals surface area contributed by atoms with Crippen LogP contribution in [0.25, 0.3) is 0 Å². The molecule has 2 aromatic carbocycles. The fraction of sp³-hybridized carbons (Fsp3) is 0.391. The van der Waals surface area contributed by atoms with E-state index in [4.69, 9.17) is 4.74 Å². The van der Waals surface area contributed by atoms with Crippen molar-refractivity contribution in [3.8, 4) is 5.75 Å². The summed E-state index contributed by atoms with van der Waals surface area (Å²) < 4.78 is 58.1. The normalized spacial score (nSPS) is 14.9. The second-order valence-electron chi connectivity index (χ2n) is 8.23. The molecule has 2 aromatic rings. The third kappa shape index (κ3) is 5.52. The summed E-state index contributed by atoms with van der Waals surface area (Å²) in [6.07, 6.45) is -4.67. The third-order valence-corrected chi connectivity index (χ3v) is 5.48. The summed E-state index contributed by atoms with van der Waals surface area (Å²) in [5, 5.41) is 11.2. The van der Waals surface area contributed by atoms with Gasteiger partial charge in [0.15, 0.2) is 5.78 Å². The number of Topliss-reactive ketones (excluding diaryl/α,β-unsaturated/α-hetero) is 1. The van der Waals surface area contributed by atoms with Gasteiger partial charge in [-0.05, 0) is 51.0 Å². The summed E-state index contributed by atoms with van der Waals surface area (Å²) in [4.78, 5) is 37.7. The number of amides is 1. The molecule has 0 N–H and O–H groups in total. The van der Waals surface area contributed by atoms with E-state index in [9.17, 15) is 37.3 Å². The number of likely N-dealkylation sites (tertiary alicyclic amines) is 1. The number of hydrogen-bond donors (Lipinski definition) is 0. The Hall–Kier alpha value is -3.50. The summed E-state index contributed by atoms with van der Waals surface area (Å²) >= 11 is 0. The number of nitrogens with zero attached hydrogens (tertiary/aromatic N) is 2. The number of alkyl halides is 3. The predicted octanol–water partition coefficient (Wildman–Crippen LogP) is 5.28. The van der Waals surface area contributed by atoms with Gasteiger partial charge in [-0.25, -0.2) is 4.39 Å². The van der Waals surface area contributed by atoms with Crippen LogP contribution in [0.1, 0.15) is 53.0 Å². The molecule has 0 radical (unpaired) electrons. The number of carbonyl (C=O) groups excluding carboxylic acids is 2. The molecular weight excluding hydrogens is 460 g/mol. The average molecular weight is 482 g/mol. The maximum absolute atomic E-state index is 14.2. The Bertz CT molecular complexity index is 1110. The molecule has 0 aliphatic carbocycles. The van der Waals surface area contributed by atoms with Crippen molar-refractivity contribution in [3.63, 3.8) is 0 Å². The number of non-ortho nitro benzene ring substituents is 1. The summed E-state index contributed by atoms with van der Waals surface area (Å²) in [6.45, 7) is 3.71. The molecule has 1 aliphatic heterocycles. The quantitative estimate of drug-likeness (QED) is 0.242. The minimum Gasteiger partial charge on any atom is -0.490 e. The Kier molecular flexibility index (Phi) is 7.23. The van der Waals surface area contributed by atoms with E-state index in [2.05, 4.69) is 0 Å². The van der Waals surface area contributed by atoms with Crippen LogP contribution in [0.2, 0.25) is 0 Å². The number of ether oxygens (including phenoxy) is 1. The molecule has 1 heterocycles. The number of rotatable bonds is 6. The number of hydrogen-bond acceptors (Lipinski definition) is 5. The first-order valence-corrected chi connectivity index (χ1v) is 10.5. The monoisotopic (exact) mass is 482 g/mol. The lowest BCUT2D eigenvalue weighted by molar-refractivity contribution is -0.384. The highest BCUT2D eigenvalue weighted by atomic mass is 19.4. The molecule has 1 saturated heterocycles. The van der Waals surface area contributed by atoms with Gasteiger partial charge in [0, 0.05) is 31.1 Å². The largest absolute Gasteiger partial charge is 0.490 e. The summed E-state index contributed by atoms with van der Waals surface area (Å²) in [6, 6.07) is 5.51. The molecule has 3 rings (SSSR count). The van der Waals surface area contributed by atoms with Gasteiger partial charge in [-0.3, -0.25) is 19.7 Å². The average Bonchev–Trinajstić information content (AvgIpc) is 2.77. The van der Waals surface area contributed by atoms with E-state index in [0.717, 1.165) is 12.1 Å². The van der Waals surface area contributed by atoms with Gasteiger partial charge < -0.3 is 9.64 Å². The van der Waals surface area contributed by atoms with E-state index in [1.165, 1.54) is 17.0 Å². The highest BCUT2D eigenvalue weighted by Gasteiger charge is 2.34. The predicted molar refractivity (Wildman–Crippen MR) is 113 cm³/mol. The van der Waals surface area contributed by atoms with E-state index in [1.807, 2.05) is 0 Å². The highest BCUT2D eigenvalue weighted by molar-refractivity contribution is 5.99. The van der Waals surface area contributed by atoms with Crippen LogP contribution < -0.4 is 4.74 Å². The van der Waals surface area contributed by atoms with Crippen molar-refractivity contribution >= 4 is 17.4 Å². The topological polar surface area (TPSA) is 89.8 Å². The number of carbonyl (C=O) groups is 2. The van der Waals surface area contributed by atoms with Crippen LogP contribution in [0.5, 0.6) is 5.75 Å². The van der Waals surface area contributed by atoms with Gasteiger partial charge >= 0.3 is 6.18 Å². The van der Waals surface area contributed by atoms with Gasteiger partial charge in [-0.15, -0.1) is 0 Å². The Morgan fingerprint density at radius 3 is 2.26 bits per heavy atom. The Labute approximate surface area is 192 Å². The van der Waals surface area contributed by atoms with Crippen molar-refractivity contribution in [1.82, 2.24) is 4.90 Å². The molecule has 0 saturated carbocycles. The molecule has 1 amide bonds. The van der Waals surface area contributed by atoms with E-state index in [1.54, 1.807) is 13.8 Å². The van der Waals surface area contributed by atoms with Gasteiger partial charge in [0.2, 0.25) is 0 Å². The van der Waals surface area contributed by atoms with Crippen LogP contribution >= 0.6 is 0 Å². The van der Waals surface area contributed by atoms with Crippen molar-refractivity contribution in [1.29, 1.82) is 0 Å². The fourth-order valence-corrected chi connectivity index (χ4v) is 3.78. The second kappa shape index (κ2) is 9.78. The highest BCUT2D eigenvalue weighted by Crippen LogP contribution is 2.32. The molecule has 11 heteroatoms. The van der Waals surface area contributed by atoms with Gasteiger partial charge in [0.05, 0.1) is 27.7 Å². The van der Waals surface area contributed by atoms with Crippen molar-refractivity contribution in [2.24, 2.45) is 5.92 Å². The van der Waals surface area contributed by atoms with Crippen LogP contribution in [-0.4, -0.2) is 40.7 Å². The maximum Gasteiger partial charge on any atom is 0.416 e. The van der Waals surface area contributed by atoms with Gasteiger partial charge in [0.1, 0.15) is 11.6 Å². The zero-order valence-corrected chi connectivity index (χ0v) is 18.4. The minimum absolute atomic E-state index is 0.0152. The third-order valence-electron chi connectivity index (χ3n) is 5.48. The SMILES string of the molecule is CC(C)Oc1ccc([N+](=O)[O-])cc1C(=O)N1CCC(C(=O)c2ccc(C(F)(F)F)cc2F)CC1. The molecule has 182 valence electrons. The lowest BCUT2D eigenvalue weighted by Crippen LogP contribution is -2.40. The van der Waals surface area contributed by atoms with Gasteiger partial charge in [-0.2, -0.15) is 13.2 Å². The minimum atomic E-state index is -4.72. The summed E-state index contributed by atoms with van der Waals surface area (Å²) in [7, 11) is 0. The molecule has 0 bridgehead atoms. The van der Waals surface area contributed by atoms with Crippen molar-refractivity contribution < 1.29 is 36.8 Å². The standard InChI is InChI=1S/C23H22F4N2O5/c1-13(2)34-20-6-4-16(29(32)33)12-18(20)22(31)28-9-7-14(8-10-28)21(30)17-5-3-15(11-19(17)24)23(25,26)27/h3-6,11-14H,7-10H2,1-2H3. The molecule has 7 nitrogen and oxygen atoms in total. The first-order chi connectivity index (χ1) is 15.9. The van der Waals surface area contributed by atoms with Crippen LogP contribution in [0, 0.1) is 21.8 Å². The molecule has 0 atom stereocenters. The lowest BCUT2D eigenvalue weighted by Gasteiger charge is -2.32. The van der Waals surface area contributed by atoms with Crippen LogP contribution in [0.3, 0.4) is 0 Å². The van der Waals surface area contributed by atoms with Crippen molar-refractivity contribution in [2.75, 3.05) is 13.1 Å². The van der Waals surface area contributed by atoms with Crippen molar-refractivity contribution in [3.05, 3.63) is 69.0 Å². The van der Waals surface area contributed by atoms with Crippen LogP contribution in [0.15, 0.2) is 36.4 Å². The number of nitro benzene ring substituents is 1. The van der Waals surface area contributed by atoms with E-state index in [0.29, 0.717) is 12.1 Å². The van der Waals surface area contributed by atoms with E-state index < -0.39 is 45.7 Å². The Balaban J connectivity index is 1.74. The first kappa shape index (κ1) is 25.1. The van der Waals surface area contributed by atoms with Gasteiger partial charge in [-0.1, -0.05) is 0 Å². The first-order valence-electron chi connectivity index (χ1n) is 10.5. The fourth-order valence-electron chi connectivity index (χ4n) is 3.78. The van der Waals surface area contributed by atoms with Crippen LogP contribution in [0.4, 0.5) is 23.2 Å². The number of halogens is 4. The number of ketones is 1. The smallest absolute Gasteiger partial charge is 0.416 e. The molecule has 1 aliphatic rings. The Morgan fingerprint density at radius 1 is 1.09 bits per heavy atom. The van der Waals surface area contributed by atoms with Crippen LogP contribution in [-0.2, 0) is 6.18 Å². The van der Waals surface area contributed by atoms with Gasteiger partial charge in [0.25, 0.3) is 11.6 Å². The molecule has 0 unspecified atom stereocenters. The molecule has 0 aromatic heterocycles. The van der Waals surface area contributed by atoms with E-state index >= 15 is 0 Å². The molecule has 0 spiro atoms. The summed E-state index contributed by atoms with van der Waals surface area (Å²) in [5.41, 5.74) is -1.87. The molecule has 1 fully saturated rings. The van der Waals surface area contributed by atoms with E-state index in [-0.39, 0.29) is 49.0 Å². The summed E-state index contributed by atoms with van der Waals surface area (Å²) in [5.74, 6) is -2.86. The maximum atomic E-state index is 14.2. The molecular formula is C23H22F4N2O5. The Morgan fingerprint density at radius 2 is 1.74 bits per heavy atom.